The highest BCUT2D eigenvalue weighted by atomic mass is 31.2. The molecule has 0 fully saturated rings. The standard InChI is InChI=1S/C8H9N4O2P3/c1-7(13)9-17(11-15-10-16-12-17)14-8-5-3-2-4-6-8/h2-6H,1H3,(H,9,13). The van der Waals surface area contributed by atoms with Crippen molar-refractivity contribution < 1.29 is 9.32 Å². The highest BCUT2D eigenvalue weighted by molar-refractivity contribution is 7.68. The van der Waals surface area contributed by atoms with Gasteiger partial charge in [-0.25, -0.2) is 0 Å². The molecule has 0 saturated carbocycles. The molecule has 1 amide bonds. The average Bonchev–Trinajstić information content (AvgIpc) is 2.30. The number of rotatable bonds is 3. The van der Waals surface area contributed by atoms with Crippen LogP contribution in [0, 0.1) is 0 Å². The van der Waals surface area contributed by atoms with Gasteiger partial charge in [0.05, 0.1) is 0 Å². The lowest BCUT2D eigenvalue weighted by Crippen LogP contribution is -2.18. The smallest absolute Gasteiger partial charge is 0.366 e. The number of nitrogens with one attached hydrogen (secondary N) is 1. The van der Waals surface area contributed by atoms with Gasteiger partial charge in [-0.15, -0.1) is 9.03 Å². The summed E-state index contributed by atoms with van der Waals surface area (Å²) in [5.74, 6) is 0.420. The Morgan fingerprint density at radius 2 is 2.12 bits per heavy atom. The number of benzene rings is 1. The largest absolute Gasteiger partial charge is 0.426 e. The molecule has 1 aliphatic heterocycles. The number of hydrogen-bond acceptors (Lipinski definition) is 5. The summed E-state index contributed by atoms with van der Waals surface area (Å²) in [6, 6.07) is 9.19. The van der Waals surface area contributed by atoms with Gasteiger partial charge in [-0.2, -0.15) is 4.52 Å². The van der Waals surface area contributed by atoms with Gasteiger partial charge in [0.15, 0.2) is 17.0 Å². The fourth-order valence-electron chi connectivity index (χ4n) is 1.12. The van der Waals surface area contributed by atoms with Gasteiger partial charge < -0.3 is 4.52 Å². The Morgan fingerprint density at radius 3 is 2.71 bits per heavy atom. The minimum atomic E-state index is -2.64. The summed E-state index contributed by atoms with van der Waals surface area (Å²) in [6.45, 7) is 1.42. The Hall–Kier alpha value is -1.08. The van der Waals surface area contributed by atoms with Crippen LogP contribution in [0.5, 0.6) is 5.75 Å². The lowest BCUT2D eigenvalue weighted by atomic mass is 10.3. The molecule has 0 saturated heterocycles. The van der Waals surface area contributed by atoms with Crippen LogP contribution in [0.25, 0.3) is 0 Å². The van der Waals surface area contributed by atoms with Crippen LogP contribution in [-0.4, -0.2) is 5.91 Å². The first kappa shape index (κ1) is 12.4. The zero-order valence-corrected chi connectivity index (χ0v) is 11.6. The zero-order chi connectivity index (χ0) is 12.1. The second kappa shape index (κ2) is 5.50. The van der Waals surface area contributed by atoms with Gasteiger partial charge in [-0.05, 0) is 12.1 Å². The third kappa shape index (κ3) is 3.44. The molecular weight excluding hydrogens is 277 g/mol. The van der Waals surface area contributed by atoms with E-state index >= 15 is 0 Å². The summed E-state index contributed by atoms with van der Waals surface area (Å²) in [5.41, 5.74) is 0. The van der Waals surface area contributed by atoms with Crippen LogP contribution in [0.2, 0.25) is 0 Å². The van der Waals surface area contributed by atoms with Crippen LogP contribution in [0.3, 0.4) is 0 Å². The molecule has 6 nitrogen and oxygen atoms in total. The number of hydrogen-bond donors (Lipinski definition) is 1. The number of amides is 1. The van der Waals surface area contributed by atoms with E-state index in [1.807, 2.05) is 18.2 Å². The van der Waals surface area contributed by atoms with Gasteiger partial charge in [0, 0.05) is 6.92 Å². The van der Waals surface area contributed by atoms with E-state index in [4.69, 9.17) is 4.52 Å². The van der Waals surface area contributed by atoms with Crippen LogP contribution in [0.1, 0.15) is 6.92 Å². The first-order valence-electron chi connectivity index (χ1n) is 4.68. The van der Waals surface area contributed by atoms with E-state index in [0.29, 0.717) is 22.8 Å². The number of para-hydroxylation sites is 1. The lowest BCUT2D eigenvalue weighted by molar-refractivity contribution is -0.117. The minimum absolute atomic E-state index is 0.214. The average molecular weight is 286 g/mol. The van der Waals surface area contributed by atoms with Crippen molar-refractivity contribution in [3.8, 4) is 5.75 Å². The second-order valence-electron chi connectivity index (χ2n) is 3.06. The SMILES string of the molecule is CC(=O)NP1(Oc2ccccc2)=NP=NP=N1. The predicted molar refractivity (Wildman–Crippen MR) is 68.9 cm³/mol. The van der Waals surface area contributed by atoms with Crippen LogP contribution in [0.4, 0.5) is 0 Å². The van der Waals surface area contributed by atoms with E-state index in [2.05, 4.69) is 18.6 Å². The van der Waals surface area contributed by atoms with Crippen LogP contribution >= 0.6 is 24.6 Å². The molecule has 0 bridgehead atoms. The van der Waals surface area contributed by atoms with Crippen molar-refractivity contribution in [2.75, 3.05) is 0 Å². The molecule has 0 spiro atoms. The quantitative estimate of drug-likeness (QED) is 0.843. The highest BCUT2D eigenvalue weighted by Crippen LogP contribution is 2.55. The molecule has 1 aromatic rings. The van der Waals surface area contributed by atoms with E-state index in [-0.39, 0.29) is 5.91 Å². The van der Waals surface area contributed by atoms with Crippen molar-refractivity contribution in [3.63, 3.8) is 0 Å². The topological polar surface area (TPSA) is 75.4 Å². The van der Waals surface area contributed by atoms with E-state index in [9.17, 15) is 4.79 Å². The molecule has 17 heavy (non-hydrogen) atoms. The molecule has 0 aromatic heterocycles. The third-order valence-corrected chi connectivity index (χ3v) is 5.97. The van der Waals surface area contributed by atoms with Crippen molar-refractivity contribution >= 4 is 30.5 Å². The molecule has 1 unspecified atom stereocenters. The summed E-state index contributed by atoms with van der Waals surface area (Å²) in [7, 11) is -1.56. The summed E-state index contributed by atoms with van der Waals surface area (Å²) >= 11 is 0. The van der Waals surface area contributed by atoms with Crippen molar-refractivity contribution in [2.45, 2.75) is 6.92 Å². The summed E-state index contributed by atoms with van der Waals surface area (Å²) < 4.78 is 18.0. The molecule has 1 atom stereocenters. The van der Waals surface area contributed by atoms with E-state index in [1.165, 1.54) is 6.92 Å². The minimum Gasteiger partial charge on any atom is -0.426 e. The van der Waals surface area contributed by atoms with Gasteiger partial charge in [-0.3, -0.25) is 9.88 Å². The van der Waals surface area contributed by atoms with Crippen molar-refractivity contribution in [2.24, 2.45) is 13.5 Å². The van der Waals surface area contributed by atoms with Gasteiger partial charge in [0.25, 0.3) is 0 Å². The fraction of sp³-hybridized carbons (Fsp3) is 0.125. The third-order valence-electron chi connectivity index (χ3n) is 1.68. The van der Waals surface area contributed by atoms with E-state index in [1.54, 1.807) is 12.1 Å². The van der Waals surface area contributed by atoms with Crippen LogP contribution < -0.4 is 9.61 Å². The number of nitrogens with zero attached hydrogens (tertiary/aromatic N) is 3. The van der Waals surface area contributed by atoms with Gasteiger partial charge in [0.2, 0.25) is 5.91 Å². The summed E-state index contributed by atoms with van der Waals surface area (Å²) in [4.78, 5) is 11.2. The van der Waals surface area contributed by atoms with Crippen molar-refractivity contribution in [1.82, 2.24) is 5.09 Å². The number of carbonyl (C=O) groups excluding carboxylic acids is 1. The second-order valence-corrected chi connectivity index (χ2v) is 7.06. The Balaban J connectivity index is 2.30. The lowest BCUT2D eigenvalue weighted by Gasteiger charge is -2.19. The molecule has 0 radical (unpaired) electrons. The maximum absolute atomic E-state index is 11.2. The molecule has 88 valence electrons. The molecule has 9 heteroatoms. The summed E-state index contributed by atoms with van der Waals surface area (Å²) in [6.07, 6.45) is 0. The first-order valence-corrected chi connectivity index (χ1v) is 7.89. The molecule has 1 aromatic carbocycles. The van der Waals surface area contributed by atoms with Gasteiger partial charge >= 0.3 is 7.58 Å². The maximum Gasteiger partial charge on any atom is 0.366 e. The Bertz CT molecular complexity index is 529. The van der Waals surface area contributed by atoms with E-state index < -0.39 is 7.58 Å². The highest BCUT2D eigenvalue weighted by Gasteiger charge is 2.24. The first-order chi connectivity index (χ1) is 8.20. The fourth-order valence-corrected chi connectivity index (χ4v) is 5.04. The molecule has 2 rings (SSSR count). The van der Waals surface area contributed by atoms with Crippen molar-refractivity contribution in [3.05, 3.63) is 30.3 Å². The van der Waals surface area contributed by atoms with Crippen molar-refractivity contribution in [1.29, 1.82) is 0 Å². The van der Waals surface area contributed by atoms with Crippen LogP contribution in [0.15, 0.2) is 43.9 Å². The molecular formula is C8H9N4O2P3. The molecule has 1 heterocycles. The Kier molecular flexibility index (Phi) is 4.01. The van der Waals surface area contributed by atoms with Gasteiger partial charge in [-0.1, -0.05) is 18.2 Å². The molecule has 1 N–H and O–H groups in total. The normalized spacial score (nSPS) is 23.6. The molecule has 0 aliphatic carbocycles. The predicted octanol–water partition coefficient (Wildman–Crippen LogP) is 4.25. The van der Waals surface area contributed by atoms with Gasteiger partial charge in [0.1, 0.15) is 5.75 Å². The zero-order valence-electron chi connectivity index (χ0n) is 8.89. The summed E-state index contributed by atoms with van der Waals surface area (Å²) in [5, 5.41) is 2.69. The van der Waals surface area contributed by atoms with E-state index in [0.717, 1.165) is 0 Å². The Morgan fingerprint density at radius 1 is 1.35 bits per heavy atom. The maximum atomic E-state index is 11.2. The Labute approximate surface area is 102 Å². The number of carbonyl (C=O) groups is 1. The van der Waals surface area contributed by atoms with Crippen LogP contribution in [-0.2, 0) is 4.79 Å². The molecule has 1 aliphatic rings. The monoisotopic (exact) mass is 286 g/mol.